The molecular weight excluding hydrogens is 504 g/mol. The molecule has 6 rings (SSSR count). The van der Waals surface area contributed by atoms with Crippen molar-refractivity contribution in [3.8, 4) is 0 Å². The van der Waals surface area contributed by atoms with Gasteiger partial charge in [0.1, 0.15) is 11.6 Å². The molecule has 3 saturated heterocycles. The van der Waals surface area contributed by atoms with Crippen LogP contribution in [0, 0.1) is 25.7 Å². The Morgan fingerprint density at radius 1 is 0.975 bits per heavy atom. The Morgan fingerprint density at radius 3 is 2.48 bits per heavy atom. The Morgan fingerprint density at radius 2 is 1.73 bits per heavy atom. The van der Waals surface area contributed by atoms with Gasteiger partial charge in [-0.05, 0) is 88.8 Å². The number of piperidine rings is 1. The number of likely N-dealkylation sites (tertiary alicyclic amines) is 2. The van der Waals surface area contributed by atoms with Gasteiger partial charge in [0.2, 0.25) is 17.7 Å². The molecule has 1 spiro atoms. The van der Waals surface area contributed by atoms with Crippen molar-refractivity contribution in [1.82, 2.24) is 15.1 Å². The first-order valence-corrected chi connectivity index (χ1v) is 15.5. The van der Waals surface area contributed by atoms with E-state index < -0.39 is 29.6 Å². The summed E-state index contributed by atoms with van der Waals surface area (Å²) in [6.07, 6.45) is 13.2. The van der Waals surface area contributed by atoms with Gasteiger partial charge < -0.3 is 25.2 Å². The molecule has 1 aliphatic carbocycles. The fraction of sp³-hybridized carbons (Fsp3) is 0.656. The summed E-state index contributed by atoms with van der Waals surface area (Å²) < 4.78 is 6.51. The molecule has 1 saturated carbocycles. The lowest BCUT2D eigenvalue weighted by molar-refractivity contribution is -0.141. The lowest BCUT2D eigenvalue weighted by atomic mass is 9.74. The summed E-state index contributed by atoms with van der Waals surface area (Å²) in [5.74, 6) is -1.86. The Balaban J connectivity index is 1.24. The van der Waals surface area contributed by atoms with Crippen molar-refractivity contribution in [2.24, 2.45) is 11.8 Å². The predicted molar refractivity (Wildman–Crippen MR) is 154 cm³/mol. The number of amides is 3. The molecule has 5 atom stereocenters. The summed E-state index contributed by atoms with van der Waals surface area (Å²) in [5.41, 5.74) is 1.86. The van der Waals surface area contributed by atoms with Gasteiger partial charge in [0.15, 0.2) is 0 Å². The van der Waals surface area contributed by atoms with E-state index in [9.17, 15) is 14.4 Å². The number of hydrogen-bond donors (Lipinski definition) is 2. The number of anilines is 1. The normalized spacial score (nSPS) is 31.9. The van der Waals surface area contributed by atoms with Crippen LogP contribution < -0.4 is 10.6 Å². The molecule has 1 aromatic carbocycles. The Bertz CT molecular complexity index is 1170. The highest BCUT2D eigenvalue weighted by molar-refractivity contribution is 6.02. The summed E-state index contributed by atoms with van der Waals surface area (Å²) in [5, 5.41) is 6.33. The Labute approximate surface area is 237 Å². The van der Waals surface area contributed by atoms with Gasteiger partial charge in [-0.1, -0.05) is 43.9 Å². The number of fused-ring (bicyclic) bond motifs is 1. The van der Waals surface area contributed by atoms with Crippen LogP contribution in [0.1, 0.15) is 68.9 Å². The number of aryl methyl sites for hydroxylation is 2. The number of nitrogens with one attached hydrogen (secondary N) is 2. The molecule has 4 heterocycles. The third-order valence-corrected chi connectivity index (χ3v) is 9.97. The molecule has 8 heteroatoms. The number of carbonyl (C=O) groups excluding carboxylic acids is 3. The van der Waals surface area contributed by atoms with E-state index in [0.717, 1.165) is 62.9 Å². The summed E-state index contributed by atoms with van der Waals surface area (Å²) in [6.45, 7) is 7.65. The minimum absolute atomic E-state index is 0.130. The van der Waals surface area contributed by atoms with Crippen molar-refractivity contribution in [3.63, 3.8) is 0 Å². The van der Waals surface area contributed by atoms with Gasteiger partial charge in [0, 0.05) is 18.3 Å². The topological polar surface area (TPSA) is 91.0 Å². The van der Waals surface area contributed by atoms with Crippen LogP contribution in [-0.2, 0) is 19.1 Å². The van der Waals surface area contributed by atoms with Gasteiger partial charge in [-0.3, -0.25) is 14.4 Å². The summed E-state index contributed by atoms with van der Waals surface area (Å²) >= 11 is 0. The number of benzene rings is 1. The van der Waals surface area contributed by atoms with Gasteiger partial charge in [0.25, 0.3) is 0 Å². The van der Waals surface area contributed by atoms with Gasteiger partial charge in [-0.25, -0.2) is 0 Å². The van der Waals surface area contributed by atoms with E-state index in [2.05, 4.69) is 15.5 Å². The number of nitrogens with zero attached hydrogens (tertiary/aromatic N) is 2. The summed E-state index contributed by atoms with van der Waals surface area (Å²) in [7, 11) is 0. The monoisotopic (exact) mass is 548 g/mol. The van der Waals surface area contributed by atoms with E-state index in [0.29, 0.717) is 12.2 Å². The van der Waals surface area contributed by atoms with Crippen LogP contribution >= 0.6 is 0 Å². The SMILES string of the molecule is Cc1ccc(NC(=O)[C@@H]2[C@@H]3C=C[C@]4(O3)[C@@H]2C(=O)N(CCCN2CCCCC2)[C@H]4C(=O)NC2CCCCC2)cc1C. The molecule has 0 radical (unpaired) electrons. The first-order chi connectivity index (χ1) is 19.4. The highest BCUT2D eigenvalue weighted by Gasteiger charge is 2.72. The number of carbonyl (C=O) groups is 3. The molecule has 4 aliphatic heterocycles. The molecule has 8 nitrogen and oxygen atoms in total. The molecule has 0 unspecified atom stereocenters. The molecule has 2 N–H and O–H groups in total. The molecule has 216 valence electrons. The van der Waals surface area contributed by atoms with Gasteiger partial charge >= 0.3 is 0 Å². The highest BCUT2D eigenvalue weighted by Crippen LogP contribution is 2.55. The number of rotatable bonds is 8. The van der Waals surface area contributed by atoms with Gasteiger partial charge in [0.05, 0.1) is 17.9 Å². The van der Waals surface area contributed by atoms with Crippen LogP contribution in [0.25, 0.3) is 0 Å². The van der Waals surface area contributed by atoms with Crippen LogP contribution in [0.2, 0.25) is 0 Å². The third-order valence-electron chi connectivity index (χ3n) is 9.97. The maximum absolute atomic E-state index is 14.2. The average Bonchev–Trinajstić information content (AvgIpc) is 3.59. The second kappa shape index (κ2) is 11.3. The van der Waals surface area contributed by atoms with E-state index in [-0.39, 0.29) is 23.8 Å². The predicted octanol–water partition coefficient (Wildman–Crippen LogP) is 3.72. The zero-order valence-electron chi connectivity index (χ0n) is 24.0. The van der Waals surface area contributed by atoms with E-state index in [1.807, 2.05) is 44.2 Å². The van der Waals surface area contributed by atoms with E-state index >= 15 is 0 Å². The van der Waals surface area contributed by atoms with Crippen molar-refractivity contribution in [1.29, 1.82) is 0 Å². The van der Waals surface area contributed by atoms with E-state index in [4.69, 9.17) is 4.74 Å². The van der Waals surface area contributed by atoms with Crippen LogP contribution in [0.5, 0.6) is 0 Å². The average molecular weight is 549 g/mol. The first-order valence-electron chi connectivity index (χ1n) is 15.5. The fourth-order valence-electron chi connectivity index (χ4n) is 7.73. The highest BCUT2D eigenvalue weighted by atomic mass is 16.5. The minimum Gasteiger partial charge on any atom is -0.359 e. The fourth-order valence-corrected chi connectivity index (χ4v) is 7.73. The second-order valence-corrected chi connectivity index (χ2v) is 12.6. The van der Waals surface area contributed by atoms with Crippen molar-refractivity contribution in [2.45, 2.75) is 95.4 Å². The zero-order chi connectivity index (χ0) is 27.9. The van der Waals surface area contributed by atoms with Crippen molar-refractivity contribution >= 4 is 23.4 Å². The van der Waals surface area contributed by atoms with Gasteiger partial charge in [-0.2, -0.15) is 0 Å². The molecule has 3 amide bonds. The van der Waals surface area contributed by atoms with Crippen molar-refractivity contribution in [2.75, 3.05) is 31.5 Å². The van der Waals surface area contributed by atoms with Crippen LogP contribution in [0.3, 0.4) is 0 Å². The first kappa shape index (κ1) is 27.5. The maximum Gasteiger partial charge on any atom is 0.246 e. The van der Waals surface area contributed by atoms with Gasteiger partial charge in [-0.15, -0.1) is 0 Å². The smallest absolute Gasteiger partial charge is 0.246 e. The second-order valence-electron chi connectivity index (χ2n) is 12.6. The molecule has 1 aromatic rings. The maximum atomic E-state index is 14.2. The molecule has 40 heavy (non-hydrogen) atoms. The van der Waals surface area contributed by atoms with Crippen LogP contribution in [-0.4, -0.2) is 77.5 Å². The largest absolute Gasteiger partial charge is 0.359 e. The molecular formula is C32H44N4O4. The number of ether oxygens (including phenoxy) is 1. The molecule has 5 aliphatic rings. The van der Waals surface area contributed by atoms with E-state index in [1.54, 1.807) is 4.90 Å². The lowest BCUT2D eigenvalue weighted by Crippen LogP contribution is -2.56. The van der Waals surface area contributed by atoms with Crippen molar-refractivity contribution in [3.05, 3.63) is 41.5 Å². The third kappa shape index (κ3) is 4.98. The molecule has 0 aromatic heterocycles. The summed E-state index contributed by atoms with van der Waals surface area (Å²) in [4.78, 5) is 46.0. The minimum atomic E-state index is -1.10. The number of hydrogen-bond acceptors (Lipinski definition) is 5. The Kier molecular flexibility index (Phi) is 7.75. The molecule has 2 bridgehead atoms. The quantitative estimate of drug-likeness (QED) is 0.484. The van der Waals surface area contributed by atoms with Crippen LogP contribution in [0.4, 0.5) is 5.69 Å². The van der Waals surface area contributed by atoms with Crippen LogP contribution in [0.15, 0.2) is 30.4 Å². The van der Waals surface area contributed by atoms with E-state index in [1.165, 1.54) is 25.7 Å². The standard InChI is InChI=1S/C32H44N4O4/c1-21-12-13-24(20-22(21)2)34-29(37)26-25-14-15-32(40-25)27(26)31(39)36(19-9-18-35-16-7-4-8-17-35)28(32)30(38)33-23-10-5-3-6-11-23/h12-15,20,23,25-28H,3-11,16-19H2,1-2H3,(H,33,38)(H,34,37)/t25-,26+,27-,28-,32-/m0/s1. The summed E-state index contributed by atoms with van der Waals surface area (Å²) in [6, 6.07) is 5.21. The lowest BCUT2D eigenvalue weighted by Gasteiger charge is -2.34. The van der Waals surface area contributed by atoms with Crippen molar-refractivity contribution < 1.29 is 19.1 Å². The Hall–Kier alpha value is -2.71. The zero-order valence-corrected chi connectivity index (χ0v) is 24.0. The molecule has 4 fully saturated rings.